The molecule has 0 radical (unpaired) electrons. The van der Waals surface area contributed by atoms with Crippen LogP contribution in [0.4, 0.5) is 5.69 Å². The van der Waals surface area contributed by atoms with Gasteiger partial charge < -0.3 is 4.74 Å². The van der Waals surface area contributed by atoms with E-state index in [-0.39, 0.29) is 5.69 Å². The van der Waals surface area contributed by atoms with Crippen LogP contribution in [0.5, 0.6) is 5.75 Å². The Morgan fingerprint density at radius 3 is 2.42 bits per heavy atom. The first-order valence-electron chi connectivity index (χ1n) is 7.76. The minimum Gasteiger partial charge on any atom is -0.497 e. The largest absolute Gasteiger partial charge is 0.497 e. The van der Waals surface area contributed by atoms with E-state index in [2.05, 4.69) is 15.3 Å². The summed E-state index contributed by atoms with van der Waals surface area (Å²) in [4.78, 5) is 10.4. The molecule has 0 amide bonds. The normalized spacial score (nSPS) is 10.8. The number of methoxy groups -OCH3 is 1. The molecule has 0 atom stereocenters. The molecule has 0 aliphatic heterocycles. The van der Waals surface area contributed by atoms with Crippen LogP contribution in [0.2, 0.25) is 0 Å². The topological polar surface area (TPSA) is 96.0 Å². The van der Waals surface area contributed by atoms with Gasteiger partial charge in [0.15, 0.2) is 5.82 Å². The number of hydrogen-bond donors (Lipinski definition) is 0. The molecule has 0 spiro atoms. The minimum atomic E-state index is -0.495. The van der Waals surface area contributed by atoms with E-state index in [0.717, 1.165) is 22.1 Å². The second kappa shape index (κ2) is 6.25. The lowest BCUT2D eigenvalue weighted by atomic mass is 10.0. The number of rotatable bonds is 4. The maximum Gasteiger partial charge on any atom is 0.307 e. The van der Waals surface area contributed by atoms with Crippen LogP contribution in [0.3, 0.4) is 0 Å². The van der Waals surface area contributed by atoms with E-state index in [0.29, 0.717) is 11.5 Å². The smallest absolute Gasteiger partial charge is 0.307 e. The molecule has 0 aliphatic rings. The van der Waals surface area contributed by atoms with E-state index in [1.807, 2.05) is 48.5 Å². The van der Waals surface area contributed by atoms with Crippen molar-refractivity contribution < 1.29 is 9.66 Å². The number of hydrogen-bond acceptors (Lipinski definition) is 6. The van der Waals surface area contributed by atoms with E-state index in [9.17, 15) is 10.1 Å². The van der Waals surface area contributed by atoms with Crippen molar-refractivity contribution in [1.82, 2.24) is 20.0 Å². The van der Waals surface area contributed by atoms with Crippen molar-refractivity contribution in [2.24, 2.45) is 0 Å². The maximum absolute atomic E-state index is 10.9. The van der Waals surface area contributed by atoms with Crippen LogP contribution >= 0.6 is 0 Å². The molecule has 0 bridgehead atoms. The Morgan fingerprint density at radius 2 is 1.77 bits per heavy atom. The van der Waals surface area contributed by atoms with Crippen molar-refractivity contribution in [2.45, 2.75) is 0 Å². The van der Waals surface area contributed by atoms with E-state index < -0.39 is 4.92 Å². The second-order valence-corrected chi connectivity index (χ2v) is 5.55. The van der Waals surface area contributed by atoms with Gasteiger partial charge in [-0.2, -0.15) is 5.10 Å². The van der Waals surface area contributed by atoms with Crippen molar-refractivity contribution in [3.63, 3.8) is 0 Å². The van der Waals surface area contributed by atoms with Gasteiger partial charge in [-0.1, -0.05) is 24.3 Å². The third kappa shape index (κ3) is 2.63. The maximum atomic E-state index is 10.9. The molecule has 0 aliphatic carbocycles. The first-order chi connectivity index (χ1) is 12.7. The van der Waals surface area contributed by atoms with Gasteiger partial charge in [0.2, 0.25) is 0 Å². The number of aromatic nitrogens is 4. The Hall–Kier alpha value is -3.81. The van der Waals surface area contributed by atoms with Crippen molar-refractivity contribution in [1.29, 1.82) is 0 Å². The van der Waals surface area contributed by atoms with E-state index in [1.54, 1.807) is 7.11 Å². The summed E-state index contributed by atoms with van der Waals surface area (Å²) in [5.74, 6) is 1.19. The van der Waals surface area contributed by atoms with Crippen LogP contribution in [-0.4, -0.2) is 32.0 Å². The highest BCUT2D eigenvalue weighted by Crippen LogP contribution is 2.30. The molecule has 4 rings (SSSR count). The van der Waals surface area contributed by atoms with E-state index in [1.165, 1.54) is 17.1 Å². The summed E-state index contributed by atoms with van der Waals surface area (Å²) in [5, 5.41) is 25.2. The number of fused-ring (bicyclic) bond motifs is 1. The van der Waals surface area contributed by atoms with Crippen molar-refractivity contribution in [3.05, 3.63) is 71.0 Å². The van der Waals surface area contributed by atoms with Crippen molar-refractivity contribution >= 4 is 16.5 Å². The van der Waals surface area contributed by atoms with Crippen LogP contribution in [0.15, 0.2) is 60.9 Å². The van der Waals surface area contributed by atoms with Gasteiger partial charge in [0, 0.05) is 16.3 Å². The van der Waals surface area contributed by atoms with Crippen molar-refractivity contribution in [3.8, 4) is 22.8 Å². The standard InChI is InChI=1S/C18H13N5O3/c1-26-14-8-6-12(7-9-14)17-15-4-2-3-5-16(15)18(21-20-17)22-11-13(10-19-22)23(24)25/h2-11H,1H3. The Labute approximate surface area is 147 Å². The second-order valence-electron chi connectivity index (χ2n) is 5.55. The van der Waals surface area contributed by atoms with Crippen LogP contribution in [0.1, 0.15) is 0 Å². The molecule has 2 aromatic carbocycles. The van der Waals surface area contributed by atoms with E-state index >= 15 is 0 Å². The number of ether oxygens (including phenoxy) is 1. The van der Waals surface area contributed by atoms with Gasteiger partial charge in [-0.25, -0.2) is 4.68 Å². The molecule has 0 saturated heterocycles. The molecule has 0 saturated carbocycles. The molecule has 0 fully saturated rings. The van der Waals surface area contributed by atoms with Gasteiger partial charge in [-0.15, -0.1) is 10.2 Å². The fourth-order valence-corrected chi connectivity index (χ4v) is 2.74. The number of nitrogens with zero attached hydrogens (tertiary/aromatic N) is 5. The van der Waals surface area contributed by atoms with Gasteiger partial charge >= 0.3 is 5.69 Å². The molecule has 2 heterocycles. The molecule has 0 unspecified atom stereocenters. The zero-order chi connectivity index (χ0) is 18.1. The summed E-state index contributed by atoms with van der Waals surface area (Å²) < 4.78 is 6.55. The van der Waals surface area contributed by atoms with Gasteiger partial charge in [0.05, 0.1) is 12.0 Å². The third-order valence-electron chi connectivity index (χ3n) is 4.03. The molecule has 26 heavy (non-hydrogen) atoms. The fraction of sp³-hybridized carbons (Fsp3) is 0.0556. The van der Waals surface area contributed by atoms with Crippen molar-refractivity contribution in [2.75, 3.05) is 7.11 Å². The average molecular weight is 347 g/mol. The van der Waals surface area contributed by atoms with Gasteiger partial charge in [-0.3, -0.25) is 10.1 Å². The van der Waals surface area contributed by atoms with Gasteiger partial charge in [-0.05, 0) is 24.3 Å². The fourth-order valence-electron chi connectivity index (χ4n) is 2.74. The highest BCUT2D eigenvalue weighted by molar-refractivity contribution is 5.97. The molecular formula is C18H13N5O3. The highest BCUT2D eigenvalue weighted by atomic mass is 16.6. The summed E-state index contributed by atoms with van der Waals surface area (Å²) in [6.07, 6.45) is 2.51. The summed E-state index contributed by atoms with van der Waals surface area (Å²) in [6.45, 7) is 0. The molecule has 128 valence electrons. The van der Waals surface area contributed by atoms with Gasteiger partial charge in [0.25, 0.3) is 0 Å². The van der Waals surface area contributed by atoms with E-state index in [4.69, 9.17) is 4.74 Å². The summed E-state index contributed by atoms with van der Waals surface area (Å²) >= 11 is 0. The van der Waals surface area contributed by atoms with Crippen LogP contribution in [0, 0.1) is 10.1 Å². The molecule has 0 N–H and O–H groups in total. The monoisotopic (exact) mass is 347 g/mol. The molecule has 8 heteroatoms. The SMILES string of the molecule is COc1ccc(-c2nnc(-n3cc([N+](=O)[O-])cn3)c3ccccc23)cc1. The Kier molecular flexibility index (Phi) is 3.77. The van der Waals surface area contributed by atoms with Crippen LogP contribution in [0.25, 0.3) is 27.8 Å². The highest BCUT2D eigenvalue weighted by Gasteiger charge is 2.16. The Morgan fingerprint density at radius 1 is 1.04 bits per heavy atom. The molecular weight excluding hydrogens is 334 g/mol. The predicted molar refractivity (Wildman–Crippen MR) is 95.3 cm³/mol. The summed E-state index contributed by atoms with van der Waals surface area (Å²) in [5.41, 5.74) is 1.51. The number of benzene rings is 2. The summed E-state index contributed by atoms with van der Waals surface area (Å²) in [7, 11) is 1.61. The Balaban J connectivity index is 1.88. The summed E-state index contributed by atoms with van der Waals surface area (Å²) in [6, 6.07) is 15.1. The molecule has 4 aromatic rings. The predicted octanol–water partition coefficient (Wildman–Crippen LogP) is 3.40. The van der Waals surface area contributed by atoms with Crippen LogP contribution in [-0.2, 0) is 0 Å². The Bertz CT molecular complexity index is 1110. The lowest BCUT2D eigenvalue weighted by Gasteiger charge is -2.09. The zero-order valence-corrected chi connectivity index (χ0v) is 13.7. The van der Waals surface area contributed by atoms with Crippen LogP contribution < -0.4 is 4.74 Å². The van der Waals surface area contributed by atoms with Gasteiger partial charge in [0.1, 0.15) is 23.8 Å². The molecule has 8 nitrogen and oxygen atoms in total. The lowest BCUT2D eigenvalue weighted by Crippen LogP contribution is -2.02. The molecule has 2 aromatic heterocycles. The number of nitro groups is 1. The zero-order valence-electron chi connectivity index (χ0n) is 13.7. The first kappa shape index (κ1) is 15.7. The first-order valence-corrected chi connectivity index (χ1v) is 7.76. The minimum absolute atomic E-state index is 0.102. The third-order valence-corrected chi connectivity index (χ3v) is 4.03. The quantitative estimate of drug-likeness (QED) is 0.415. The lowest BCUT2D eigenvalue weighted by molar-refractivity contribution is -0.384. The average Bonchev–Trinajstić information content (AvgIpc) is 3.17.